The number of rotatable bonds is 8. The zero-order chi connectivity index (χ0) is 27.4. The first-order valence-electron chi connectivity index (χ1n) is 12.2. The van der Waals surface area contributed by atoms with Crippen LogP contribution in [0.1, 0.15) is 46.0 Å². The van der Waals surface area contributed by atoms with Crippen LogP contribution >= 0.6 is 0 Å². The fraction of sp³-hybridized carbons (Fsp3) is 0.423. The normalized spacial score (nSPS) is 14.4. The van der Waals surface area contributed by atoms with E-state index in [-0.39, 0.29) is 40.9 Å². The highest BCUT2D eigenvalue weighted by molar-refractivity contribution is 7.90. The van der Waals surface area contributed by atoms with Gasteiger partial charge in [-0.25, -0.2) is 8.42 Å². The molecule has 0 atom stereocenters. The van der Waals surface area contributed by atoms with Gasteiger partial charge in [-0.1, -0.05) is 5.16 Å². The lowest BCUT2D eigenvalue weighted by molar-refractivity contribution is -0.132. The minimum atomic E-state index is -3.75. The van der Waals surface area contributed by atoms with Crippen molar-refractivity contribution in [1.82, 2.24) is 24.9 Å². The first-order chi connectivity index (χ1) is 18.1. The fourth-order valence-electron chi connectivity index (χ4n) is 4.77. The van der Waals surface area contributed by atoms with Crippen molar-refractivity contribution in [2.24, 2.45) is 0 Å². The van der Waals surface area contributed by atoms with Gasteiger partial charge in [0.2, 0.25) is 11.8 Å². The predicted octanol–water partition coefficient (Wildman–Crippen LogP) is 2.37. The van der Waals surface area contributed by atoms with Gasteiger partial charge >= 0.3 is 0 Å². The number of hydrogen-bond donors (Lipinski definition) is 0. The fourth-order valence-corrected chi connectivity index (χ4v) is 6.47. The third-order valence-corrected chi connectivity index (χ3v) is 8.64. The topological polar surface area (TPSA) is 136 Å². The van der Waals surface area contributed by atoms with Crippen LogP contribution in [0.5, 0.6) is 5.75 Å². The third kappa shape index (κ3) is 6.01. The van der Waals surface area contributed by atoms with Crippen molar-refractivity contribution in [3.8, 4) is 5.75 Å². The summed E-state index contributed by atoms with van der Waals surface area (Å²) in [5.41, 5.74) is 1.72. The van der Waals surface area contributed by atoms with Crippen molar-refractivity contribution in [3.05, 3.63) is 65.1 Å². The number of aromatic nitrogens is 3. The number of carbonyl (C=O) groups excluding carboxylic acids is 2. The Balaban J connectivity index is 1.34. The molecule has 0 aliphatic carbocycles. The molecule has 1 fully saturated rings. The Hall–Kier alpha value is -3.80. The van der Waals surface area contributed by atoms with Crippen molar-refractivity contribution in [3.63, 3.8) is 0 Å². The minimum Gasteiger partial charge on any atom is -0.497 e. The van der Waals surface area contributed by atoms with E-state index in [1.165, 1.54) is 7.11 Å². The molecule has 2 aromatic heterocycles. The summed E-state index contributed by atoms with van der Waals surface area (Å²) in [6.45, 7) is 4.49. The summed E-state index contributed by atoms with van der Waals surface area (Å²) < 4.78 is 36.6. The molecule has 202 valence electrons. The van der Waals surface area contributed by atoms with Crippen molar-refractivity contribution in [2.75, 3.05) is 27.2 Å². The van der Waals surface area contributed by atoms with Crippen molar-refractivity contribution >= 4 is 21.7 Å². The number of nitrogens with zero attached hydrogens (tertiary/aromatic N) is 5. The molecule has 0 N–H and O–H groups in total. The summed E-state index contributed by atoms with van der Waals surface area (Å²) in [6, 6.07) is 6.67. The van der Waals surface area contributed by atoms with Gasteiger partial charge in [0, 0.05) is 44.1 Å². The highest BCUT2D eigenvalue weighted by atomic mass is 32.2. The predicted molar refractivity (Wildman–Crippen MR) is 137 cm³/mol. The van der Waals surface area contributed by atoms with Crippen LogP contribution in [0.4, 0.5) is 0 Å². The van der Waals surface area contributed by atoms with E-state index in [2.05, 4.69) is 15.1 Å². The van der Waals surface area contributed by atoms with Crippen LogP contribution in [0.15, 0.2) is 46.1 Å². The summed E-state index contributed by atoms with van der Waals surface area (Å²) in [5, 5.41) is 3.79. The Morgan fingerprint density at radius 1 is 1.13 bits per heavy atom. The van der Waals surface area contributed by atoms with Gasteiger partial charge in [0.25, 0.3) is 5.91 Å². The number of likely N-dealkylation sites (tertiary alicyclic amines) is 1. The standard InChI is InChI=1S/C26H31N5O6S/c1-17-13-21(36-4)14-18(2)25(17)38(34,35)16-22-28-23(37-29-22)15-24(32)30(3)20-7-11-31(12-8-20)26(33)19-5-9-27-10-6-19/h5-6,9-10,13-14,20H,7-8,11-12,15-16H2,1-4H3. The Kier molecular flexibility index (Phi) is 8.10. The molecule has 0 unspecified atom stereocenters. The molecule has 38 heavy (non-hydrogen) atoms. The number of likely N-dealkylation sites (N-methyl/N-ethyl adjacent to an activating group) is 1. The van der Waals surface area contributed by atoms with Crippen LogP contribution < -0.4 is 4.74 Å². The molecule has 2 amide bonds. The van der Waals surface area contributed by atoms with Crippen molar-refractivity contribution in [2.45, 2.75) is 49.8 Å². The minimum absolute atomic E-state index is 0.00648. The van der Waals surface area contributed by atoms with E-state index in [0.29, 0.717) is 48.4 Å². The van der Waals surface area contributed by atoms with Crippen LogP contribution in [-0.4, -0.2) is 78.4 Å². The first-order valence-corrected chi connectivity index (χ1v) is 13.9. The summed E-state index contributed by atoms with van der Waals surface area (Å²) in [7, 11) is -0.516. The number of piperidine rings is 1. The highest BCUT2D eigenvalue weighted by Gasteiger charge is 2.29. The molecule has 1 aromatic carbocycles. The molecule has 1 saturated heterocycles. The Bertz CT molecular complexity index is 1390. The van der Waals surface area contributed by atoms with E-state index >= 15 is 0 Å². The summed E-state index contributed by atoms with van der Waals surface area (Å²) in [4.78, 5) is 37.3. The largest absolute Gasteiger partial charge is 0.497 e. The number of benzene rings is 1. The van der Waals surface area contributed by atoms with E-state index in [1.54, 1.807) is 67.4 Å². The third-order valence-electron chi connectivity index (χ3n) is 6.73. The highest BCUT2D eigenvalue weighted by Crippen LogP contribution is 2.28. The van der Waals surface area contributed by atoms with Crippen molar-refractivity contribution < 1.29 is 27.3 Å². The maximum atomic E-state index is 13.1. The average molecular weight is 542 g/mol. The molecule has 3 heterocycles. The maximum Gasteiger partial charge on any atom is 0.253 e. The molecule has 11 nitrogen and oxygen atoms in total. The molecule has 3 aromatic rings. The van der Waals surface area contributed by atoms with Crippen molar-refractivity contribution in [1.29, 1.82) is 0 Å². The first kappa shape index (κ1) is 27.2. The molecule has 1 aliphatic heterocycles. The monoisotopic (exact) mass is 541 g/mol. The van der Waals surface area contributed by atoms with Gasteiger partial charge in [-0.3, -0.25) is 14.6 Å². The molecular weight excluding hydrogens is 510 g/mol. The summed E-state index contributed by atoms with van der Waals surface area (Å²) in [6.07, 6.45) is 4.33. The number of methoxy groups -OCH3 is 1. The Labute approximate surface area is 221 Å². The van der Waals surface area contributed by atoms with E-state index in [9.17, 15) is 18.0 Å². The molecule has 0 bridgehead atoms. The number of amides is 2. The lowest BCUT2D eigenvalue weighted by atomic mass is 10.0. The molecule has 1 aliphatic rings. The van der Waals surface area contributed by atoms with Gasteiger partial charge in [-0.15, -0.1) is 0 Å². The molecule has 0 saturated carbocycles. The van der Waals surface area contributed by atoms with Crippen LogP contribution in [-0.2, 0) is 26.8 Å². The number of ether oxygens (including phenoxy) is 1. The van der Waals surface area contributed by atoms with Gasteiger partial charge in [0.15, 0.2) is 15.7 Å². The van der Waals surface area contributed by atoms with Crippen LogP contribution in [0.3, 0.4) is 0 Å². The quantitative estimate of drug-likeness (QED) is 0.421. The molecular formula is C26H31N5O6S. The van der Waals surface area contributed by atoms with E-state index in [1.807, 2.05) is 0 Å². The van der Waals surface area contributed by atoms with Crippen LogP contribution in [0, 0.1) is 13.8 Å². The zero-order valence-electron chi connectivity index (χ0n) is 21.9. The van der Waals surface area contributed by atoms with E-state index in [0.717, 1.165) is 0 Å². The summed E-state index contributed by atoms with van der Waals surface area (Å²) >= 11 is 0. The zero-order valence-corrected chi connectivity index (χ0v) is 22.7. The Morgan fingerprint density at radius 3 is 2.37 bits per heavy atom. The lowest BCUT2D eigenvalue weighted by Crippen LogP contribution is -2.47. The Morgan fingerprint density at radius 2 is 1.76 bits per heavy atom. The average Bonchev–Trinajstić information content (AvgIpc) is 3.33. The van der Waals surface area contributed by atoms with Gasteiger partial charge in [-0.2, -0.15) is 4.98 Å². The smallest absolute Gasteiger partial charge is 0.253 e. The SMILES string of the molecule is COc1cc(C)c(S(=O)(=O)Cc2noc(CC(=O)N(C)C3CCN(C(=O)c4ccncc4)CC3)n2)c(C)c1. The number of pyridine rings is 1. The van der Waals surface area contributed by atoms with E-state index < -0.39 is 15.6 Å². The lowest BCUT2D eigenvalue weighted by Gasteiger charge is -2.36. The second-order valence-electron chi connectivity index (χ2n) is 9.39. The number of sulfone groups is 1. The van der Waals surface area contributed by atoms with Crippen LogP contribution in [0.25, 0.3) is 0 Å². The van der Waals surface area contributed by atoms with Gasteiger partial charge in [-0.05, 0) is 62.1 Å². The van der Waals surface area contributed by atoms with Crippen LogP contribution in [0.2, 0.25) is 0 Å². The number of carbonyl (C=O) groups is 2. The van der Waals surface area contributed by atoms with Gasteiger partial charge in [0.05, 0.1) is 12.0 Å². The summed E-state index contributed by atoms with van der Waals surface area (Å²) in [5.74, 6) is -0.0848. The maximum absolute atomic E-state index is 13.1. The van der Waals surface area contributed by atoms with E-state index in [4.69, 9.17) is 9.26 Å². The van der Waals surface area contributed by atoms with Gasteiger partial charge < -0.3 is 19.1 Å². The molecule has 12 heteroatoms. The number of aryl methyl sites for hydroxylation is 2. The molecule has 4 rings (SSSR count). The second kappa shape index (κ2) is 11.3. The number of hydrogen-bond acceptors (Lipinski definition) is 9. The second-order valence-corrected chi connectivity index (χ2v) is 11.3. The molecule has 0 spiro atoms. The molecule has 0 radical (unpaired) electrons. The van der Waals surface area contributed by atoms with Gasteiger partial charge in [0.1, 0.15) is 17.9 Å².